The van der Waals surface area contributed by atoms with Crippen LogP contribution in [-0.4, -0.2) is 14.0 Å². The lowest BCUT2D eigenvalue weighted by atomic mass is 10.1. The normalized spacial score (nSPS) is 11.3. The van der Waals surface area contributed by atoms with Crippen molar-refractivity contribution in [3.63, 3.8) is 0 Å². The fourth-order valence-corrected chi connectivity index (χ4v) is 3.56. The van der Waals surface area contributed by atoms with Gasteiger partial charge in [-0.1, -0.05) is 42.5 Å². The van der Waals surface area contributed by atoms with Crippen molar-refractivity contribution in [3.8, 4) is 11.3 Å². The summed E-state index contributed by atoms with van der Waals surface area (Å²) >= 11 is 0. The van der Waals surface area contributed by atoms with Crippen LogP contribution in [0.3, 0.4) is 0 Å². The molecule has 136 valence electrons. The molecule has 5 aromatic rings. The third-order valence-corrected chi connectivity index (χ3v) is 4.88. The molecule has 0 fully saturated rings. The van der Waals surface area contributed by atoms with E-state index in [0.717, 1.165) is 16.6 Å². The first kappa shape index (κ1) is 16.4. The van der Waals surface area contributed by atoms with Gasteiger partial charge in [-0.05, 0) is 42.0 Å². The summed E-state index contributed by atoms with van der Waals surface area (Å²) in [5.74, 6) is 0.247. The molecule has 0 saturated heterocycles. The smallest absolute Gasteiger partial charge is 0.260 e. The third-order valence-electron chi connectivity index (χ3n) is 4.88. The Morgan fingerprint density at radius 1 is 0.821 bits per heavy atom. The maximum atomic E-state index is 13.3. The predicted octanol–water partition coefficient (Wildman–Crippen LogP) is 4.50. The molecule has 0 spiro atoms. The van der Waals surface area contributed by atoms with E-state index in [1.165, 1.54) is 18.2 Å². The summed E-state index contributed by atoms with van der Waals surface area (Å²) < 4.78 is 17.0. The van der Waals surface area contributed by atoms with E-state index >= 15 is 0 Å². The van der Waals surface area contributed by atoms with Crippen LogP contribution in [0.1, 0.15) is 5.56 Å². The van der Waals surface area contributed by atoms with Crippen molar-refractivity contribution < 1.29 is 4.39 Å². The summed E-state index contributed by atoms with van der Waals surface area (Å²) in [4.78, 5) is 17.7. The molecule has 3 aromatic carbocycles. The summed E-state index contributed by atoms with van der Waals surface area (Å²) in [7, 11) is 0. The van der Waals surface area contributed by atoms with Gasteiger partial charge >= 0.3 is 0 Å². The van der Waals surface area contributed by atoms with Gasteiger partial charge in [0.2, 0.25) is 5.78 Å². The van der Waals surface area contributed by atoms with Gasteiger partial charge in [-0.25, -0.2) is 13.8 Å². The Morgan fingerprint density at radius 3 is 2.25 bits per heavy atom. The first-order chi connectivity index (χ1) is 13.7. The van der Waals surface area contributed by atoms with Crippen molar-refractivity contribution >= 4 is 16.8 Å². The van der Waals surface area contributed by atoms with E-state index in [1.807, 2.05) is 59.2 Å². The minimum atomic E-state index is -0.320. The van der Waals surface area contributed by atoms with Crippen molar-refractivity contribution in [1.82, 2.24) is 14.0 Å². The molecule has 2 aromatic heterocycles. The summed E-state index contributed by atoms with van der Waals surface area (Å²) in [5.41, 5.74) is 3.95. The zero-order chi connectivity index (χ0) is 19.1. The summed E-state index contributed by atoms with van der Waals surface area (Å²) in [5, 5.41) is 0. The van der Waals surface area contributed by atoms with Gasteiger partial charge in [0.1, 0.15) is 5.82 Å². The molecule has 0 aliphatic carbocycles. The van der Waals surface area contributed by atoms with Crippen molar-refractivity contribution in [3.05, 3.63) is 107 Å². The topological polar surface area (TPSA) is 39.3 Å². The van der Waals surface area contributed by atoms with Crippen LogP contribution in [0, 0.1) is 5.82 Å². The van der Waals surface area contributed by atoms with Gasteiger partial charge in [0.05, 0.1) is 23.3 Å². The molecule has 0 N–H and O–H groups in total. The summed E-state index contributed by atoms with van der Waals surface area (Å²) in [6.45, 7) is 0.594. The molecule has 2 heterocycles. The van der Waals surface area contributed by atoms with Crippen molar-refractivity contribution in [2.75, 3.05) is 0 Å². The molecule has 0 aliphatic heterocycles. The van der Waals surface area contributed by atoms with Crippen molar-refractivity contribution in [2.24, 2.45) is 0 Å². The first-order valence-electron chi connectivity index (χ1n) is 9.01. The molecular weight excluding hydrogens is 353 g/mol. The van der Waals surface area contributed by atoms with Crippen LogP contribution >= 0.6 is 0 Å². The monoisotopic (exact) mass is 369 g/mol. The third kappa shape index (κ3) is 2.68. The van der Waals surface area contributed by atoms with Crippen LogP contribution in [-0.2, 0) is 6.54 Å². The number of aromatic nitrogens is 3. The molecule has 0 radical (unpaired) electrons. The molecule has 0 saturated carbocycles. The van der Waals surface area contributed by atoms with Crippen LogP contribution in [0.15, 0.2) is 89.7 Å². The highest BCUT2D eigenvalue weighted by Gasteiger charge is 2.15. The van der Waals surface area contributed by atoms with Gasteiger partial charge < -0.3 is 4.57 Å². The molecule has 0 amide bonds. The number of rotatable bonds is 3. The highest BCUT2D eigenvalue weighted by atomic mass is 19.1. The Balaban J connectivity index is 1.80. The number of nitrogens with zero attached hydrogens (tertiary/aromatic N) is 3. The molecular formula is C23H16FN3O. The molecule has 0 atom stereocenters. The predicted molar refractivity (Wildman–Crippen MR) is 108 cm³/mol. The number of hydrogen-bond donors (Lipinski definition) is 0. The fraction of sp³-hybridized carbons (Fsp3) is 0.0435. The Bertz CT molecular complexity index is 1350. The van der Waals surface area contributed by atoms with E-state index in [4.69, 9.17) is 4.98 Å². The lowest BCUT2D eigenvalue weighted by molar-refractivity contribution is 0.628. The molecule has 28 heavy (non-hydrogen) atoms. The average molecular weight is 369 g/mol. The van der Waals surface area contributed by atoms with Crippen LogP contribution in [0.2, 0.25) is 0 Å². The Hall–Kier alpha value is -3.73. The number of halogens is 1. The molecule has 0 bridgehead atoms. The van der Waals surface area contributed by atoms with Gasteiger partial charge in [0.15, 0.2) is 0 Å². The van der Waals surface area contributed by atoms with E-state index < -0.39 is 0 Å². The summed E-state index contributed by atoms with van der Waals surface area (Å²) in [6, 6.07) is 25.4. The standard InChI is InChI=1S/C23H16FN3O/c24-18-12-10-17(11-13-18)19-14-22(28)27-21-9-5-4-8-20(21)26(23(27)25-19)15-16-6-2-1-3-7-16/h1-14H,15H2. The van der Waals surface area contributed by atoms with E-state index in [9.17, 15) is 9.18 Å². The van der Waals surface area contributed by atoms with E-state index in [2.05, 4.69) is 0 Å². The highest BCUT2D eigenvalue weighted by Crippen LogP contribution is 2.23. The Kier molecular flexibility index (Phi) is 3.79. The SMILES string of the molecule is O=c1cc(-c2ccc(F)cc2)nc2n(Cc3ccccc3)c3ccccc3n12. The maximum absolute atomic E-state index is 13.3. The molecule has 0 unspecified atom stereocenters. The molecule has 5 heteroatoms. The minimum absolute atomic E-state index is 0.160. The summed E-state index contributed by atoms with van der Waals surface area (Å²) in [6.07, 6.45) is 0. The maximum Gasteiger partial charge on any atom is 0.260 e. The van der Waals surface area contributed by atoms with E-state index in [1.54, 1.807) is 16.5 Å². The zero-order valence-corrected chi connectivity index (χ0v) is 14.9. The number of benzene rings is 3. The quantitative estimate of drug-likeness (QED) is 0.470. The lowest BCUT2D eigenvalue weighted by Gasteiger charge is -2.07. The highest BCUT2D eigenvalue weighted by molar-refractivity contribution is 5.81. The van der Waals surface area contributed by atoms with Crippen LogP contribution in [0.25, 0.3) is 28.1 Å². The second-order valence-electron chi connectivity index (χ2n) is 6.68. The average Bonchev–Trinajstić information content (AvgIpc) is 3.03. The van der Waals surface area contributed by atoms with Gasteiger partial charge in [-0.15, -0.1) is 0 Å². The second-order valence-corrected chi connectivity index (χ2v) is 6.68. The lowest BCUT2D eigenvalue weighted by Crippen LogP contribution is -2.14. The first-order valence-corrected chi connectivity index (χ1v) is 9.01. The van der Waals surface area contributed by atoms with Crippen LogP contribution in [0.4, 0.5) is 4.39 Å². The minimum Gasteiger partial charge on any atom is -0.305 e. The van der Waals surface area contributed by atoms with Gasteiger partial charge in [0, 0.05) is 11.6 Å². The number of para-hydroxylation sites is 2. The van der Waals surface area contributed by atoms with Gasteiger partial charge in [-0.2, -0.15) is 0 Å². The molecule has 0 aliphatic rings. The zero-order valence-electron chi connectivity index (χ0n) is 14.9. The van der Waals surface area contributed by atoms with Crippen LogP contribution < -0.4 is 5.56 Å². The largest absolute Gasteiger partial charge is 0.305 e. The number of imidazole rings is 1. The Morgan fingerprint density at radius 2 is 1.50 bits per heavy atom. The number of fused-ring (bicyclic) bond motifs is 3. The number of hydrogen-bond acceptors (Lipinski definition) is 2. The van der Waals surface area contributed by atoms with Crippen molar-refractivity contribution in [1.29, 1.82) is 0 Å². The van der Waals surface area contributed by atoms with E-state index in [-0.39, 0.29) is 11.4 Å². The van der Waals surface area contributed by atoms with Crippen LogP contribution in [0.5, 0.6) is 0 Å². The van der Waals surface area contributed by atoms with Crippen molar-refractivity contribution in [2.45, 2.75) is 6.54 Å². The van der Waals surface area contributed by atoms with Gasteiger partial charge in [-0.3, -0.25) is 4.79 Å². The fourth-order valence-electron chi connectivity index (χ4n) is 3.56. The van der Waals surface area contributed by atoms with Gasteiger partial charge in [0.25, 0.3) is 5.56 Å². The second kappa shape index (κ2) is 6.46. The van der Waals surface area contributed by atoms with E-state index in [0.29, 0.717) is 23.6 Å². The molecule has 4 nitrogen and oxygen atoms in total. The molecule has 5 rings (SSSR count). The Labute approximate surface area is 160 Å².